The molecule has 2 aliphatic heterocycles. The molecule has 130 valence electrons. The molecule has 0 saturated carbocycles. The van der Waals surface area contributed by atoms with Crippen LogP contribution in [0.4, 0.5) is 4.79 Å². The SMILES string of the molecule is CC(C)(C)OC(=O)N1CCC[C@]2(CC(=O)CO2)[C@@H]1c1ccccc1. The van der Waals surface area contributed by atoms with Crippen LogP contribution in [0, 0.1) is 0 Å². The molecule has 0 N–H and O–H groups in total. The van der Waals surface area contributed by atoms with E-state index in [1.807, 2.05) is 51.1 Å². The van der Waals surface area contributed by atoms with Crippen LogP contribution < -0.4 is 0 Å². The third kappa shape index (κ3) is 3.31. The van der Waals surface area contributed by atoms with Gasteiger partial charge in [-0.1, -0.05) is 30.3 Å². The lowest BCUT2D eigenvalue weighted by Crippen LogP contribution is -2.53. The molecule has 0 aromatic heterocycles. The fraction of sp³-hybridized carbons (Fsp3) is 0.579. The van der Waals surface area contributed by atoms with Crippen LogP contribution >= 0.6 is 0 Å². The molecule has 1 amide bonds. The van der Waals surface area contributed by atoms with Crippen molar-refractivity contribution in [2.24, 2.45) is 0 Å². The normalized spacial score (nSPS) is 27.5. The van der Waals surface area contributed by atoms with Crippen molar-refractivity contribution in [3.05, 3.63) is 35.9 Å². The monoisotopic (exact) mass is 331 g/mol. The van der Waals surface area contributed by atoms with Gasteiger partial charge in [-0.05, 0) is 39.2 Å². The molecule has 5 heteroatoms. The van der Waals surface area contributed by atoms with E-state index in [2.05, 4.69) is 0 Å². The van der Waals surface area contributed by atoms with E-state index in [9.17, 15) is 9.59 Å². The molecule has 2 aliphatic rings. The number of Topliss-reactive ketones (excluding diaryl/α,β-unsaturated/α-hetero) is 1. The Kier molecular flexibility index (Phi) is 4.38. The quantitative estimate of drug-likeness (QED) is 0.790. The van der Waals surface area contributed by atoms with E-state index in [0.29, 0.717) is 13.0 Å². The first-order valence-electron chi connectivity index (χ1n) is 8.51. The van der Waals surface area contributed by atoms with Crippen LogP contribution in [0.15, 0.2) is 30.3 Å². The zero-order valence-corrected chi connectivity index (χ0v) is 14.6. The summed E-state index contributed by atoms with van der Waals surface area (Å²) >= 11 is 0. The lowest BCUT2D eigenvalue weighted by molar-refractivity contribution is -0.118. The maximum absolute atomic E-state index is 12.8. The highest BCUT2D eigenvalue weighted by Crippen LogP contribution is 2.47. The van der Waals surface area contributed by atoms with Gasteiger partial charge in [0.2, 0.25) is 0 Å². The third-order valence-electron chi connectivity index (χ3n) is 4.57. The fourth-order valence-electron chi connectivity index (χ4n) is 3.73. The van der Waals surface area contributed by atoms with Gasteiger partial charge in [0.15, 0.2) is 5.78 Å². The minimum Gasteiger partial charge on any atom is -0.444 e. The summed E-state index contributed by atoms with van der Waals surface area (Å²) in [6, 6.07) is 9.51. The summed E-state index contributed by atoms with van der Waals surface area (Å²) in [6.45, 7) is 6.31. The van der Waals surface area contributed by atoms with Gasteiger partial charge in [-0.3, -0.25) is 9.69 Å². The number of carbonyl (C=O) groups is 2. The highest BCUT2D eigenvalue weighted by Gasteiger charge is 2.53. The predicted molar refractivity (Wildman–Crippen MR) is 89.7 cm³/mol. The molecule has 2 atom stereocenters. The number of nitrogens with zero attached hydrogens (tertiary/aromatic N) is 1. The zero-order valence-electron chi connectivity index (χ0n) is 14.6. The average molecular weight is 331 g/mol. The second-order valence-corrected chi connectivity index (χ2v) is 7.66. The molecule has 1 aromatic carbocycles. The van der Waals surface area contributed by atoms with Crippen molar-refractivity contribution in [1.29, 1.82) is 0 Å². The summed E-state index contributed by atoms with van der Waals surface area (Å²) in [4.78, 5) is 26.5. The van der Waals surface area contributed by atoms with E-state index in [1.54, 1.807) is 4.90 Å². The van der Waals surface area contributed by atoms with Crippen molar-refractivity contribution in [2.45, 2.75) is 57.3 Å². The van der Waals surface area contributed by atoms with E-state index in [1.165, 1.54) is 0 Å². The van der Waals surface area contributed by atoms with Crippen LogP contribution in [0.5, 0.6) is 0 Å². The van der Waals surface area contributed by atoms with Crippen molar-refractivity contribution < 1.29 is 19.1 Å². The van der Waals surface area contributed by atoms with Crippen molar-refractivity contribution in [3.8, 4) is 0 Å². The number of piperidine rings is 1. The molecule has 2 heterocycles. The highest BCUT2D eigenvalue weighted by molar-refractivity contribution is 5.83. The number of hydrogen-bond acceptors (Lipinski definition) is 4. The molecule has 5 nitrogen and oxygen atoms in total. The van der Waals surface area contributed by atoms with Gasteiger partial charge >= 0.3 is 6.09 Å². The minimum absolute atomic E-state index is 0.0990. The molecule has 0 radical (unpaired) electrons. The number of amides is 1. The second kappa shape index (κ2) is 6.20. The smallest absolute Gasteiger partial charge is 0.410 e. The molecular formula is C19H25NO4. The first-order valence-corrected chi connectivity index (χ1v) is 8.51. The summed E-state index contributed by atoms with van der Waals surface area (Å²) in [5.74, 6) is 0.0990. The average Bonchev–Trinajstić information content (AvgIpc) is 2.87. The maximum Gasteiger partial charge on any atom is 0.410 e. The zero-order chi connectivity index (χ0) is 17.4. The number of ether oxygens (including phenoxy) is 2. The lowest BCUT2D eigenvalue weighted by atomic mass is 9.78. The van der Waals surface area contributed by atoms with Crippen LogP contribution in [0.3, 0.4) is 0 Å². The van der Waals surface area contributed by atoms with Crippen molar-refractivity contribution in [1.82, 2.24) is 4.90 Å². The van der Waals surface area contributed by atoms with Gasteiger partial charge in [0.1, 0.15) is 17.8 Å². The Balaban J connectivity index is 1.97. The minimum atomic E-state index is -0.631. The van der Waals surface area contributed by atoms with E-state index in [4.69, 9.17) is 9.47 Å². The first-order chi connectivity index (χ1) is 11.3. The van der Waals surface area contributed by atoms with Crippen molar-refractivity contribution in [2.75, 3.05) is 13.2 Å². The molecule has 2 saturated heterocycles. The standard InChI is InChI=1S/C19H25NO4/c1-18(2,3)24-17(22)20-11-7-10-19(12-15(21)13-23-19)16(20)14-8-5-4-6-9-14/h4-6,8-9,16H,7,10-13H2,1-3H3/t16-,19-/m0/s1. The van der Waals surface area contributed by atoms with E-state index < -0.39 is 11.2 Å². The van der Waals surface area contributed by atoms with Crippen molar-refractivity contribution >= 4 is 11.9 Å². The van der Waals surface area contributed by atoms with Crippen LogP contribution in [0.25, 0.3) is 0 Å². The van der Waals surface area contributed by atoms with Gasteiger partial charge in [-0.15, -0.1) is 0 Å². The summed E-state index contributed by atoms with van der Waals surface area (Å²) in [5.41, 5.74) is -0.208. The molecule has 1 spiro atoms. The van der Waals surface area contributed by atoms with Crippen molar-refractivity contribution in [3.63, 3.8) is 0 Å². The molecule has 0 unspecified atom stereocenters. The van der Waals surface area contributed by atoms with Crippen LogP contribution in [0.1, 0.15) is 51.6 Å². The Morgan fingerprint density at radius 1 is 1.29 bits per heavy atom. The highest BCUT2D eigenvalue weighted by atomic mass is 16.6. The van der Waals surface area contributed by atoms with Gasteiger partial charge < -0.3 is 9.47 Å². The topological polar surface area (TPSA) is 55.8 Å². The second-order valence-electron chi connectivity index (χ2n) is 7.66. The maximum atomic E-state index is 12.8. The number of likely N-dealkylation sites (tertiary alicyclic amines) is 1. The Morgan fingerprint density at radius 2 is 2.00 bits per heavy atom. The summed E-state index contributed by atoms with van der Waals surface area (Å²) in [6.07, 6.45) is 1.58. The van der Waals surface area contributed by atoms with Gasteiger partial charge in [-0.2, -0.15) is 0 Å². The van der Waals surface area contributed by atoms with Crippen LogP contribution in [-0.2, 0) is 14.3 Å². The summed E-state index contributed by atoms with van der Waals surface area (Å²) in [7, 11) is 0. The number of ketones is 1. The van der Waals surface area contributed by atoms with Gasteiger partial charge in [-0.25, -0.2) is 4.79 Å². The number of rotatable bonds is 1. The van der Waals surface area contributed by atoms with Gasteiger partial charge in [0.25, 0.3) is 0 Å². The van der Waals surface area contributed by atoms with Gasteiger partial charge in [0, 0.05) is 13.0 Å². The molecule has 0 aliphatic carbocycles. The van der Waals surface area contributed by atoms with Crippen LogP contribution in [-0.4, -0.2) is 41.1 Å². The van der Waals surface area contributed by atoms with E-state index >= 15 is 0 Å². The first kappa shape index (κ1) is 17.0. The van der Waals surface area contributed by atoms with E-state index in [-0.39, 0.29) is 24.5 Å². The molecule has 1 aromatic rings. The number of benzene rings is 1. The largest absolute Gasteiger partial charge is 0.444 e. The van der Waals surface area contributed by atoms with Crippen LogP contribution in [0.2, 0.25) is 0 Å². The number of carbonyl (C=O) groups excluding carboxylic acids is 2. The predicted octanol–water partition coefficient (Wildman–Crippen LogP) is 3.49. The molecule has 0 bridgehead atoms. The Morgan fingerprint density at radius 3 is 2.58 bits per heavy atom. The Hall–Kier alpha value is -1.88. The Labute approximate surface area is 142 Å². The third-order valence-corrected chi connectivity index (χ3v) is 4.57. The summed E-state index contributed by atoms with van der Waals surface area (Å²) < 4.78 is 11.6. The lowest BCUT2D eigenvalue weighted by Gasteiger charge is -2.47. The molecule has 24 heavy (non-hydrogen) atoms. The van der Waals surface area contributed by atoms with E-state index in [0.717, 1.165) is 18.4 Å². The van der Waals surface area contributed by atoms with Gasteiger partial charge in [0.05, 0.1) is 6.04 Å². The fourth-order valence-corrected chi connectivity index (χ4v) is 3.73. The molecular weight excluding hydrogens is 306 g/mol. The molecule has 2 fully saturated rings. The number of hydrogen-bond donors (Lipinski definition) is 0. The summed E-state index contributed by atoms with van der Waals surface area (Å²) in [5, 5.41) is 0. The molecule has 3 rings (SSSR count). The Bertz CT molecular complexity index is 622.